The third-order valence-electron chi connectivity index (χ3n) is 3.20. The van der Waals surface area contributed by atoms with Crippen molar-refractivity contribution < 1.29 is 9.53 Å². The van der Waals surface area contributed by atoms with Gasteiger partial charge in [-0.15, -0.1) is 0 Å². The highest BCUT2D eigenvalue weighted by atomic mass is 16.5. The summed E-state index contributed by atoms with van der Waals surface area (Å²) in [6.45, 7) is 4.66. The summed E-state index contributed by atoms with van der Waals surface area (Å²) in [6, 6.07) is 15.4. The highest BCUT2D eigenvalue weighted by Crippen LogP contribution is 2.21. The van der Waals surface area contributed by atoms with E-state index < -0.39 is 0 Å². The van der Waals surface area contributed by atoms with E-state index in [2.05, 4.69) is 5.32 Å². The summed E-state index contributed by atoms with van der Waals surface area (Å²) in [6.07, 6.45) is 0. The van der Waals surface area contributed by atoms with Crippen LogP contribution in [0.1, 0.15) is 35.3 Å². The summed E-state index contributed by atoms with van der Waals surface area (Å²) in [5.74, 6) is 0.617. The highest BCUT2D eigenvalue weighted by Gasteiger charge is 2.11. The Balaban J connectivity index is 2.10. The van der Waals surface area contributed by atoms with Gasteiger partial charge < -0.3 is 15.8 Å². The van der Waals surface area contributed by atoms with Gasteiger partial charge in [0.2, 0.25) is 0 Å². The fourth-order valence-corrected chi connectivity index (χ4v) is 2.10. The van der Waals surface area contributed by atoms with Crippen LogP contribution in [-0.2, 0) is 13.2 Å². The lowest BCUT2D eigenvalue weighted by Gasteiger charge is -2.13. The van der Waals surface area contributed by atoms with Crippen LogP contribution in [0, 0.1) is 0 Å². The number of benzene rings is 2. The third kappa shape index (κ3) is 4.33. The SMILES string of the molecule is CC(C)NC(=O)c1ccc(OCc2ccccc2)c(CN)c1. The molecule has 0 saturated heterocycles. The molecule has 0 unspecified atom stereocenters. The summed E-state index contributed by atoms with van der Waals surface area (Å²) < 4.78 is 5.82. The predicted octanol–water partition coefficient (Wildman–Crippen LogP) is 2.86. The molecule has 0 fully saturated rings. The summed E-state index contributed by atoms with van der Waals surface area (Å²) >= 11 is 0. The Morgan fingerprint density at radius 2 is 1.91 bits per heavy atom. The minimum atomic E-state index is -0.0979. The van der Waals surface area contributed by atoms with Crippen LogP contribution in [0.5, 0.6) is 5.75 Å². The molecule has 4 heteroatoms. The number of rotatable bonds is 6. The van der Waals surface area contributed by atoms with Gasteiger partial charge in [0.05, 0.1) is 0 Å². The molecule has 0 aliphatic carbocycles. The fraction of sp³-hybridized carbons (Fsp3) is 0.278. The van der Waals surface area contributed by atoms with Crippen molar-refractivity contribution in [1.82, 2.24) is 5.32 Å². The van der Waals surface area contributed by atoms with Gasteiger partial charge in [0.1, 0.15) is 12.4 Å². The van der Waals surface area contributed by atoms with E-state index in [0.29, 0.717) is 24.5 Å². The van der Waals surface area contributed by atoms with Gasteiger partial charge >= 0.3 is 0 Å². The van der Waals surface area contributed by atoms with Crippen molar-refractivity contribution in [3.8, 4) is 5.75 Å². The van der Waals surface area contributed by atoms with Gasteiger partial charge in [0.15, 0.2) is 0 Å². The zero-order valence-electron chi connectivity index (χ0n) is 13.0. The van der Waals surface area contributed by atoms with E-state index in [1.165, 1.54) is 0 Å². The van der Waals surface area contributed by atoms with Crippen molar-refractivity contribution in [1.29, 1.82) is 0 Å². The van der Waals surface area contributed by atoms with Crippen LogP contribution in [0.15, 0.2) is 48.5 Å². The van der Waals surface area contributed by atoms with Gasteiger partial charge in [0.25, 0.3) is 5.91 Å². The lowest BCUT2D eigenvalue weighted by Crippen LogP contribution is -2.30. The van der Waals surface area contributed by atoms with Gasteiger partial charge in [-0.1, -0.05) is 30.3 Å². The topological polar surface area (TPSA) is 64.3 Å². The third-order valence-corrected chi connectivity index (χ3v) is 3.20. The Morgan fingerprint density at radius 3 is 2.55 bits per heavy atom. The zero-order chi connectivity index (χ0) is 15.9. The summed E-state index contributed by atoms with van der Waals surface area (Å²) in [7, 11) is 0. The normalized spacial score (nSPS) is 10.5. The van der Waals surface area contributed by atoms with Crippen molar-refractivity contribution in [2.45, 2.75) is 33.0 Å². The molecule has 0 atom stereocenters. The molecule has 2 aromatic rings. The van der Waals surface area contributed by atoms with Crippen molar-refractivity contribution in [2.24, 2.45) is 5.73 Å². The second kappa shape index (κ2) is 7.61. The maximum atomic E-state index is 12.0. The first-order chi connectivity index (χ1) is 10.6. The first kappa shape index (κ1) is 16.0. The van der Waals surface area contributed by atoms with E-state index in [1.807, 2.05) is 44.2 Å². The Bertz CT molecular complexity index is 624. The lowest BCUT2D eigenvalue weighted by molar-refractivity contribution is 0.0943. The van der Waals surface area contributed by atoms with Crippen LogP contribution in [0.2, 0.25) is 0 Å². The fourth-order valence-electron chi connectivity index (χ4n) is 2.10. The Hall–Kier alpha value is -2.33. The molecule has 22 heavy (non-hydrogen) atoms. The highest BCUT2D eigenvalue weighted by molar-refractivity contribution is 5.94. The molecule has 0 aliphatic heterocycles. The second-order valence-electron chi connectivity index (χ2n) is 5.43. The van der Waals surface area contributed by atoms with Gasteiger partial charge in [0, 0.05) is 23.7 Å². The molecule has 1 amide bonds. The van der Waals surface area contributed by atoms with E-state index in [1.54, 1.807) is 18.2 Å². The van der Waals surface area contributed by atoms with Crippen LogP contribution in [0.4, 0.5) is 0 Å². The molecular weight excluding hydrogens is 276 g/mol. The summed E-state index contributed by atoms with van der Waals surface area (Å²) in [5, 5.41) is 2.87. The maximum Gasteiger partial charge on any atom is 0.251 e. The molecule has 0 spiro atoms. The largest absolute Gasteiger partial charge is 0.489 e. The van der Waals surface area contributed by atoms with Gasteiger partial charge in [-0.05, 0) is 37.6 Å². The van der Waals surface area contributed by atoms with Crippen LogP contribution < -0.4 is 15.8 Å². The molecule has 2 rings (SSSR count). The van der Waals surface area contributed by atoms with Crippen LogP contribution in [0.3, 0.4) is 0 Å². The van der Waals surface area contributed by atoms with Crippen LogP contribution in [0.25, 0.3) is 0 Å². The number of nitrogens with one attached hydrogen (secondary N) is 1. The van der Waals surface area contributed by atoms with E-state index in [9.17, 15) is 4.79 Å². The van der Waals surface area contributed by atoms with Gasteiger partial charge in [-0.25, -0.2) is 0 Å². The van der Waals surface area contributed by atoms with Crippen molar-refractivity contribution >= 4 is 5.91 Å². The van der Waals surface area contributed by atoms with Crippen molar-refractivity contribution in [3.63, 3.8) is 0 Å². The van der Waals surface area contributed by atoms with Gasteiger partial charge in [-0.3, -0.25) is 4.79 Å². The Kier molecular flexibility index (Phi) is 5.55. The molecule has 0 saturated carbocycles. The summed E-state index contributed by atoms with van der Waals surface area (Å²) in [4.78, 5) is 12.0. The summed E-state index contributed by atoms with van der Waals surface area (Å²) in [5.41, 5.74) is 8.29. The standard InChI is InChI=1S/C18H22N2O2/c1-13(2)20-18(21)15-8-9-17(16(10-15)11-19)22-12-14-6-4-3-5-7-14/h3-10,13H,11-12,19H2,1-2H3,(H,20,21). The number of ether oxygens (including phenoxy) is 1. The lowest BCUT2D eigenvalue weighted by atomic mass is 10.1. The first-order valence-corrected chi connectivity index (χ1v) is 7.40. The molecule has 4 nitrogen and oxygen atoms in total. The molecule has 116 valence electrons. The van der Waals surface area contributed by atoms with E-state index in [0.717, 1.165) is 11.1 Å². The molecule has 0 bridgehead atoms. The van der Waals surface area contributed by atoms with Crippen LogP contribution >= 0.6 is 0 Å². The zero-order valence-corrected chi connectivity index (χ0v) is 13.0. The number of hydrogen-bond donors (Lipinski definition) is 2. The van der Waals surface area contributed by atoms with Crippen molar-refractivity contribution in [2.75, 3.05) is 0 Å². The molecular formula is C18H22N2O2. The Labute approximate surface area is 131 Å². The molecule has 0 heterocycles. The predicted molar refractivity (Wildman–Crippen MR) is 87.7 cm³/mol. The average molecular weight is 298 g/mol. The van der Waals surface area contributed by atoms with Crippen LogP contribution in [-0.4, -0.2) is 11.9 Å². The molecule has 0 aliphatic rings. The molecule has 3 N–H and O–H groups in total. The number of nitrogens with two attached hydrogens (primary N) is 1. The van der Waals surface area contributed by atoms with E-state index in [4.69, 9.17) is 10.5 Å². The van der Waals surface area contributed by atoms with Crippen molar-refractivity contribution in [3.05, 3.63) is 65.2 Å². The molecule has 0 aromatic heterocycles. The maximum absolute atomic E-state index is 12.0. The minimum Gasteiger partial charge on any atom is -0.489 e. The number of carbonyl (C=O) groups is 1. The minimum absolute atomic E-state index is 0.0979. The van der Waals surface area contributed by atoms with E-state index >= 15 is 0 Å². The molecule has 0 radical (unpaired) electrons. The molecule has 2 aromatic carbocycles. The smallest absolute Gasteiger partial charge is 0.251 e. The van der Waals surface area contributed by atoms with E-state index in [-0.39, 0.29) is 11.9 Å². The number of hydrogen-bond acceptors (Lipinski definition) is 3. The number of carbonyl (C=O) groups excluding carboxylic acids is 1. The number of amides is 1. The monoisotopic (exact) mass is 298 g/mol. The quantitative estimate of drug-likeness (QED) is 0.862. The first-order valence-electron chi connectivity index (χ1n) is 7.40. The van der Waals surface area contributed by atoms with Gasteiger partial charge in [-0.2, -0.15) is 0 Å². The Morgan fingerprint density at radius 1 is 1.18 bits per heavy atom. The second-order valence-corrected chi connectivity index (χ2v) is 5.43. The average Bonchev–Trinajstić information content (AvgIpc) is 2.53.